The van der Waals surface area contributed by atoms with Crippen LogP contribution < -0.4 is 5.19 Å². The number of rotatable bonds is 10. The number of fused-ring (bicyclic) bond motifs is 3. The molecule has 0 N–H and O–H groups in total. The van der Waals surface area contributed by atoms with Gasteiger partial charge in [0.05, 0.1) is 8.07 Å². The fraction of sp³-hybridized carbons (Fsp3) is 0.188. The molecule has 3 aromatic heterocycles. The molecule has 5 heteroatoms. The van der Waals surface area contributed by atoms with E-state index in [2.05, 4.69) is 227 Å². The molecule has 1 unspecified atom stereocenters. The van der Waals surface area contributed by atoms with Crippen LogP contribution in [0.2, 0.25) is 19.6 Å². The molecular weight excluding hydrogens is 1050 g/mol. The summed E-state index contributed by atoms with van der Waals surface area (Å²) in [5, 5.41) is 4.07. The maximum atomic E-state index is 4.88. The number of hydrogen-bond donors (Lipinski definition) is 0. The molecule has 3 heterocycles. The van der Waals surface area contributed by atoms with E-state index in [4.69, 9.17) is 9.97 Å². The fourth-order valence-corrected chi connectivity index (χ4v) is 12.7. The first-order chi connectivity index (χ1) is 33.2. The van der Waals surface area contributed by atoms with Crippen molar-refractivity contribution in [1.29, 1.82) is 0 Å². The van der Waals surface area contributed by atoms with E-state index in [1.165, 1.54) is 108 Å². The average molecular weight is 1110 g/mol. The van der Waals surface area contributed by atoms with Gasteiger partial charge < -0.3 is 9.97 Å². The van der Waals surface area contributed by atoms with Crippen molar-refractivity contribution in [2.24, 2.45) is 5.92 Å². The van der Waals surface area contributed by atoms with Crippen molar-refractivity contribution in [1.82, 2.24) is 9.97 Å². The molecule has 345 valence electrons. The largest absolute Gasteiger partial charge is 0.305 e. The second-order valence-corrected chi connectivity index (χ2v) is 25.6. The van der Waals surface area contributed by atoms with Crippen molar-refractivity contribution in [3.8, 4) is 55.9 Å². The minimum Gasteiger partial charge on any atom is -0.305 e. The molecule has 1 atom stereocenters. The first-order valence-corrected chi connectivity index (χ1v) is 28.7. The molecule has 1 saturated carbocycles. The van der Waals surface area contributed by atoms with Crippen LogP contribution >= 0.6 is 11.3 Å². The molecule has 2 nitrogen and oxygen atoms in total. The Morgan fingerprint density at radius 1 is 0.551 bits per heavy atom. The summed E-state index contributed by atoms with van der Waals surface area (Å²) in [5.41, 5.74) is 15.7. The molecule has 1 aliphatic carbocycles. The molecule has 0 saturated heterocycles. The van der Waals surface area contributed by atoms with Gasteiger partial charge in [-0.25, -0.2) is 0 Å². The van der Waals surface area contributed by atoms with Gasteiger partial charge in [0.1, 0.15) is 0 Å². The van der Waals surface area contributed by atoms with E-state index in [1.807, 2.05) is 17.5 Å². The average Bonchev–Trinajstić information content (AvgIpc) is 3.77. The van der Waals surface area contributed by atoms with Gasteiger partial charge in [0.15, 0.2) is 0 Å². The molecule has 69 heavy (non-hydrogen) atoms. The molecule has 11 rings (SSSR count). The minimum absolute atomic E-state index is 0. The van der Waals surface area contributed by atoms with Crippen LogP contribution in [-0.4, -0.2) is 18.0 Å². The van der Waals surface area contributed by atoms with Crippen molar-refractivity contribution in [2.45, 2.75) is 71.0 Å². The molecular formula is C64H58IrN2SSi-2. The second-order valence-electron chi connectivity index (χ2n) is 19.5. The van der Waals surface area contributed by atoms with E-state index in [0.29, 0.717) is 5.92 Å². The van der Waals surface area contributed by atoms with Gasteiger partial charge in [-0.15, -0.1) is 53.6 Å². The van der Waals surface area contributed by atoms with Gasteiger partial charge in [-0.3, -0.25) is 0 Å². The van der Waals surface area contributed by atoms with Crippen molar-refractivity contribution in [2.75, 3.05) is 0 Å². The third-order valence-electron chi connectivity index (χ3n) is 13.8. The number of hydrogen-bond acceptors (Lipinski definition) is 3. The Morgan fingerprint density at radius 2 is 1.19 bits per heavy atom. The Bertz CT molecular complexity index is 3280. The van der Waals surface area contributed by atoms with Crippen LogP contribution in [0, 0.1) is 18.1 Å². The SMILES string of the molecule is CC(c1ccccc1)c1ccnc(-c2[c-]cc3sc4cc(-c5ccccc5-c5ccccc5)ccc4c3c2)c1.C[Si](C)(C)c1cnc(-c2[c-]cc(-c3ccccc3)cc2)cc1CC1CCCCC1.[Ir]. The van der Waals surface area contributed by atoms with Crippen LogP contribution in [0.25, 0.3) is 76.1 Å². The Balaban J connectivity index is 0.000000177. The predicted molar refractivity (Wildman–Crippen MR) is 293 cm³/mol. The summed E-state index contributed by atoms with van der Waals surface area (Å²) in [6.07, 6.45) is 12.3. The van der Waals surface area contributed by atoms with Crippen molar-refractivity contribution >= 4 is 44.8 Å². The van der Waals surface area contributed by atoms with Crippen molar-refractivity contribution in [3.63, 3.8) is 0 Å². The van der Waals surface area contributed by atoms with Gasteiger partial charge in [-0.2, -0.15) is 11.3 Å². The number of thiophene rings is 1. The van der Waals surface area contributed by atoms with Gasteiger partial charge in [0, 0.05) is 43.1 Å². The first-order valence-electron chi connectivity index (χ1n) is 24.4. The van der Waals surface area contributed by atoms with Gasteiger partial charge >= 0.3 is 0 Å². The minimum atomic E-state index is -1.41. The normalized spacial score (nSPS) is 13.3. The van der Waals surface area contributed by atoms with E-state index in [9.17, 15) is 0 Å². The number of benzene rings is 7. The fourth-order valence-electron chi connectivity index (χ4n) is 10.0. The zero-order valence-electron chi connectivity index (χ0n) is 40.0. The third-order valence-corrected chi connectivity index (χ3v) is 17.0. The van der Waals surface area contributed by atoms with Gasteiger partial charge in [0.25, 0.3) is 0 Å². The van der Waals surface area contributed by atoms with Crippen LogP contribution in [0.1, 0.15) is 61.6 Å². The van der Waals surface area contributed by atoms with Crippen LogP contribution in [0.5, 0.6) is 0 Å². The number of nitrogens with zero attached hydrogens (tertiary/aromatic N) is 2. The maximum Gasteiger partial charge on any atom is 0.0798 e. The Morgan fingerprint density at radius 3 is 1.88 bits per heavy atom. The van der Waals surface area contributed by atoms with Gasteiger partial charge in [-0.05, 0) is 84.5 Å². The summed E-state index contributed by atoms with van der Waals surface area (Å²) < 4.78 is 2.53. The summed E-state index contributed by atoms with van der Waals surface area (Å²) in [6, 6.07) is 71.9. The standard InChI is InChI=1S/C37H26NS.C27H32NSi.Ir/c1-25(26-10-4-2-5-11-26)28-20-21-38-35(23-28)30-17-19-36-34(22-30)33-18-16-29(24-37(33)39-36)32-15-9-8-14-31(32)27-12-6-3-7-13-27;1-29(2,3)27-20-28-26(19-25(27)18-21-10-6-4-7-11-21)24-16-14-23(15-17-24)22-12-8-5-9-13-22;/h2-16,18-25H,1H3;5,8-9,12-16,19-21H,4,6-7,10-11,18H2,1-3H3;/q2*-1;. The van der Waals surface area contributed by atoms with Crippen molar-refractivity contribution < 1.29 is 20.1 Å². The Hall–Kier alpha value is -6.07. The van der Waals surface area contributed by atoms with Gasteiger partial charge in [-0.1, -0.05) is 220 Å². The van der Waals surface area contributed by atoms with Crippen LogP contribution in [0.4, 0.5) is 0 Å². The zero-order valence-corrected chi connectivity index (χ0v) is 44.2. The maximum absolute atomic E-state index is 4.88. The monoisotopic (exact) mass is 1110 g/mol. The molecule has 1 aliphatic rings. The number of pyridine rings is 2. The third kappa shape index (κ3) is 11.0. The molecule has 0 aliphatic heterocycles. The first kappa shape index (κ1) is 48.0. The van der Waals surface area contributed by atoms with E-state index >= 15 is 0 Å². The molecule has 1 radical (unpaired) electrons. The van der Waals surface area contributed by atoms with E-state index < -0.39 is 8.07 Å². The summed E-state index contributed by atoms with van der Waals surface area (Å²) in [5.74, 6) is 1.15. The Kier molecular flexibility index (Phi) is 15.1. The number of aromatic nitrogens is 2. The predicted octanol–water partition coefficient (Wildman–Crippen LogP) is 17.3. The van der Waals surface area contributed by atoms with E-state index in [0.717, 1.165) is 28.4 Å². The topological polar surface area (TPSA) is 25.8 Å². The van der Waals surface area contributed by atoms with Crippen molar-refractivity contribution in [3.05, 3.63) is 223 Å². The Labute approximate surface area is 428 Å². The molecule has 7 aromatic carbocycles. The molecule has 0 spiro atoms. The smallest absolute Gasteiger partial charge is 0.0798 e. The molecule has 1 fully saturated rings. The molecule has 0 bridgehead atoms. The summed E-state index contributed by atoms with van der Waals surface area (Å²) in [6.45, 7) is 9.57. The molecule has 0 amide bonds. The second kappa shape index (κ2) is 21.7. The van der Waals surface area contributed by atoms with Crippen LogP contribution in [0.15, 0.2) is 194 Å². The zero-order chi connectivity index (χ0) is 46.5. The summed E-state index contributed by atoms with van der Waals surface area (Å²) in [4.78, 5) is 9.60. The van der Waals surface area contributed by atoms with E-state index in [-0.39, 0.29) is 20.1 Å². The van der Waals surface area contributed by atoms with Crippen LogP contribution in [-0.2, 0) is 26.5 Å². The summed E-state index contributed by atoms with van der Waals surface area (Å²) in [7, 11) is -1.41. The molecule has 10 aromatic rings. The van der Waals surface area contributed by atoms with E-state index in [1.54, 1.807) is 5.56 Å². The quantitative estimate of drug-likeness (QED) is 0.101. The van der Waals surface area contributed by atoms with Gasteiger partial charge in [0.2, 0.25) is 0 Å². The van der Waals surface area contributed by atoms with Crippen LogP contribution in [0.3, 0.4) is 0 Å². The summed E-state index contributed by atoms with van der Waals surface area (Å²) >= 11 is 1.83.